The van der Waals surface area contributed by atoms with E-state index in [2.05, 4.69) is 27.8 Å². The Kier molecular flexibility index (Phi) is 4.38. The lowest BCUT2D eigenvalue weighted by Crippen LogP contribution is -2.34. The van der Waals surface area contributed by atoms with E-state index in [1.165, 1.54) is 38.5 Å². The molecule has 0 radical (unpaired) electrons. The Bertz CT molecular complexity index is 418. The summed E-state index contributed by atoms with van der Waals surface area (Å²) in [6.45, 7) is 6.84. The second-order valence-corrected chi connectivity index (χ2v) is 6.29. The molecule has 0 unspecified atom stereocenters. The third-order valence-electron chi connectivity index (χ3n) is 4.62. The van der Waals surface area contributed by atoms with Gasteiger partial charge < -0.3 is 9.80 Å². The van der Waals surface area contributed by atoms with Crippen molar-refractivity contribution in [2.75, 3.05) is 36.0 Å². The summed E-state index contributed by atoms with van der Waals surface area (Å²) in [6, 6.07) is 2.07. The molecule has 0 saturated carbocycles. The first kappa shape index (κ1) is 13.7. The van der Waals surface area contributed by atoms with Gasteiger partial charge in [0, 0.05) is 32.4 Å². The van der Waals surface area contributed by atoms with Crippen LogP contribution in [0.3, 0.4) is 0 Å². The molecule has 0 aliphatic carbocycles. The van der Waals surface area contributed by atoms with Crippen LogP contribution in [0.25, 0.3) is 0 Å². The van der Waals surface area contributed by atoms with E-state index in [-0.39, 0.29) is 0 Å². The van der Waals surface area contributed by atoms with E-state index in [9.17, 15) is 0 Å². The molecular formula is C16H26N4. The van der Waals surface area contributed by atoms with Crippen LogP contribution in [0.5, 0.6) is 0 Å². The van der Waals surface area contributed by atoms with Crippen LogP contribution in [-0.2, 0) is 0 Å². The highest BCUT2D eigenvalue weighted by molar-refractivity contribution is 5.44. The van der Waals surface area contributed by atoms with Crippen LogP contribution < -0.4 is 9.80 Å². The normalized spacial score (nSPS) is 21.9. The fourth-order valence-electron chi connectivity index (χ4n) is 3.18. The van der Waals surface area contributed by atoms with E-state index in [0.29, 0.717) is 0 Å². The summed E-state index contributed by atoms with van der Waals surface area (Å²) in [5, 5.41) is 0. The molecule has 1 aromatic heterocycles. The summed E-state index contributed by atoms with van der Waals surface area (Å²) < 4.78 is 0. The minimum atomic E-state index is 0.847. The van der Waals surface area contributed by atoms with E-state index in [1.807, 2.05) is 6.20 Å². The van der Waals surface area contributed by atoms with Gasteiger partial charge in [-0.3, -0.25) is 0 Å². The molecule has 4 heteroatoms. The van der Waals surface area contributed by atoms with Gasteiger partial charge in [-0.2, -0.15) is 4.98 Å². The zero-order chi connectivity index (χ0) is 13.8. The first-order valence-corrected chi connectivity index (χ1v) is 8.16. The maximum atomic E-state index is 4.83. The van der Waals surface area contributed by atoms with Gasteiger partial charge in [-0.25, -0.2) is 4.98 Å². The monoisotopic (exact) mass is 274 g/mol. The molecule has 110 valence electrons. The third kappa shape index (κ3) is 3.22. The molecule has 4 nitrogen and oxygen atoms in total. The Labute approximate surface area is 122 Å². The van der Waals surface area contributed by atoms with Gasteiger partial charge in [-0.15, -0.1) is 0 Å². The van der Waals surface area contributed by atoms with E-state index in [0.717, 1.165) is 43.9 Å². The Morgan fingerprint density at radius 1 is 0.950 bits per heavy atom. The van der Waals surface area contributed by atoms with Crippen LogP contribution >= 0.6 is 0 Å². The van der Waals surface area contributed by atoms with Crippen LogP contribution in [0, 0.1) is 5.92 Å². The number of piperidine rings is 1. The lowest BCUT2D eigenvalue weighted by Gasteiger charge is -2.31. The van der Waals surface area contributed by atoms with Crippen molar-refractivity contribution >= 4 is 11.8 Å². The molecule has 2 aliphatic heterocycles. The Morgan fingerprint density at radius 2 is 1.65 bits per heavy atom. The SMILES string of the molecule is CC1CCN(c2nccc(N3CCCCCC3)n2)CC1. The second kappa shape index (κ2) is 6.42. The van der Waals surface area contributed by atoms with Gasteiger partial charge in [0.25, 0.3) is 0 Å². The van der Waals surface area contributed by atoms with E-state index in [1.54, 1.807) is 0 Å². The van der Waals surface area contributed by atoms with Crippen molar-refractivity contribution < 1.29 is 0 Å². The molecule has 3 heterocycles. The lowest BCUT2D eigenvalue weighted by atomic mass is 10.00. The van der Waals surface area contributed by atoms with E-state index >= 15 is 0 Å². The van der Waals surface area contributed by atoms with Crippen LogP contribution in [0.1, 0.15) is 45.4 Å². The third-order valence-corrected chi connectivity index (χ3v) is 4.62. The average Bonchev–Trinajstić information content (AvgIpc) is 2.77. The quantitative estimate of drug-likeness (QED) is 0.829. The number of aromatic nitrogens is 2. The fraction of sp³-hybridized carbons (Fsp3) is 0.750. The van der Waals surface area contributed by atoms with Gasteiger partial charge in [-0.1, -0.05) is 19.8 Å². The molecule has 3 rings (SSSR count). The van der Waals surface area contributed by atoms with Gasteiger partial charge >= 0.3 is 0 Å². The minimum absolute atomic E-state index is 0.847. The highest BCUT2D eigenvalue weighted by Gasteiger charge is 2.19. The van der Waals surface area contributed by atoms with Crippen molar-refractivity contribution in [2.45, 2.75) is 45.4 Å². The zero-order valence-corrected chi connectivity index (χ0v) is 12.6. The summed E-state index contributed by atoms with van der Waals surface area (Å²) in [6.07, 6.45) is 9.76. The zero-order valence-electron chi connectivity index (χ0n) is 12.6. The fourth-order valence-corrected chi connectivity index (χ4v) is 3.18. The van der Waals surface area contributed by atoms with Crippen LogP contribution in [-0.4, -0.2) is 36.1 Å². The van der Waals surface area contributed by atoms with Gasteiger partial charge in [0.2, 0.25) is 5.95 Å². The molecule has 2 saturated heterocycles. The van der Waals surface area contributed by atoms with Crippen molar-refractivity contribution in [1.29, 1.82) is 0 Å². The lowest BCUT2D eigenvalue weighted by molar-refractivity contribution is 0.434. The van der Waals surface area contributed by atoms with Gasteiger partial charge in [0.05, 0.1) is 0 Å². The smallest absolute Gasteiger partial charge is 0.227 e. The molecule has 0 aromatic carbocycles. The van der Waals surface area contributed by atoms with Gasteiger partial charge in [-0.05, 0) is 37.7 Å². The van der Waals surface area contributed by atoms with Crippen molar-refractivity contribution in [3.8, 4) is 0 Å². The molecule has 2 fully saturated rings. The standard InChI is InChI=1S/C16H26N4/c1-14-7-12-20(13-8-14)16-17-9-6-15(18-16)19-10-4-2-3-5-11-19/h6,9,14H,2-5,7-8,10-13H2,1H3. The number of anilines is 2. The summed E-state index contributed by atoms with van der Waals surface area (Å²) in [5.74, 6) is 2.90. The highest BCUT2D eigenvalue weighted by Crippen LogP contribution is 2.23. The average molecular weight is 274 g/mol. The molecule has 0 bridgehead atoms. The Hall–Kier alpha value is -1.32. The number of nitrogens with zero attached hydrogens (tertiary/aromatic N) is 4. The topological polar surface area (TPSA) is 32.3 Å². The van der Waals surface area contributed by atoms with Gasteiger partial charge in [0.1, 0.15) is 5.82 Å². The first-order chi connectivity index (χ1) is 9.83. The van der Waals surface area contributed by atoms with E-state index < -0.39 is 0 Å². The first-order valence-electron chi connectivity index (χ1n) is 8.16. The van der Waals surface area contributed by atoms with Crippen molar-refractivity contribution in [3.05, 3.63) is 12.3 Å². The summed E-state index contributed by atoms with van der Waals surface area (Å²) in [7, 11) is 0. The molecule has 20 heavy (non-hydrogen) atoms. The second-order valence-electron chi connectivity index (χ2n) is 6.29. The summed E-state index contributed by atoms with van der Waals surface area (Å²) in [4.78, 5) is 14.1. The maximum absolute atomic E-state index is 4.83. The molecule has 0 N–H and O–H groups in total. The van der Waals surface area contributed by atoms with Crippen molar-refractivity contribution in [1.82, 2.24) is 9.97 Å². The highest BCUT2D eigenvalue weighted by atomic mass is 15.3. The largest absolute Gasteiger partial charge is 0.356 e. The molecule has 0 spiro atoms. The number of hydrogen-bond acceptors (Lipinski definition) is 4. The molecule has 0 atom stereocenters. The van der Waals surface area contributed by atoms with Crippen molar-refractivity contribution in [2.24, 2.45) is 5.92 Å². The molecular weight excluding hydrogens is 248 g/mol. The van der Waals surface area contributed by atoms with Crippen molar-refractivity contribution in [3.63, 3.8) is 0 Å². The molecule has 1 aromatic rings. The minimum Gasteiger partial charge on any atom is -0.356 e. The Morgan fingerprint density at radius 3 is 2.35 bits per heavy atom. The van der Waals surface area contributed by atoms with Crippen LogP contribution in [0.15, 0.2) is 12.3 Å². The summed E-state index contributed by atoms with van der Waals surface area (Å²) >= 11 is 0. The Balaban J connectivity index is 1.71. The maximum Gasteiger partial charge on any atom is 0.227 e. The molecule has 0 amide bonds. The van der Waals surface area contributed by atoms with Gasteiger partial charge in [0.15, 0.2) is 0 Å². The predicted molar refractivity (Wildman–Crippen MR) is 83.3 cm³/mol. The van der Waals surface area contributed by atoms with Crippen LogP contribution in [0.4, 0.5) is 11.8 Å². The predicted octanol–water partition coefficient (Wildman–Crippen LogP) is 3.09. The van der Waals surface area contributed by atoms with Crippen LogP contribution in [0.2, 0.25) is 0 Å². The number of hydrogen-bond donors (Lipinski definition) is 0. The van der Waals surface area contributed by atoms with E-state index in [4.69, 9.17) is 4.98 Å². The molecule has 2 aliphatic rings. The summed E-state index contributed by atoms with van der Waals surface area (Å²) in [5.41, 5.74) is 0. The number of rotatable bonds is 2.